The van der Waals surface area contributed by atoms with Crippen molar-refractivity contribution in [2.75, 3.05) is 23.7 Å². The highest BCUT2D eigenvalue weighted by Crippen LogP contribution is 2.32. The van der Waals surface area contributed by atoms with Gasteiger partial charge in [0.2, 0.25) is 0 Å². The van der Waals surface area contributed by atoms with Gasteiger partial charge in [0, 0.05) is 25.8 Å². The van der Waals surface area contributed by atoms with E-state index in [2.05, 4.69) is 16.1 Å². The Bertz CT molecular complexity index is 523. The maximum atomic E-state index is 6.06. The van der Waals surface area contributed by atoms with Crippen molar-refractivity contribution in [1.82, 2.24) is 9.78 Å². The molecule has 1 aromatic heterocycles. The number of aryl methyl sites for hydroxylation is 1. The summed E-state index contributed by atoms with van der Waals surface area (Å²) in [6.45, 7) is 2.20. The van der Waals surface area contributed by atoms with E-state index in [9.17, 15) is 0 Å². The van der Waals surface area contributed by atoms with E-state index in [4.69, 9.17) is 5.73 Å². The molecule has 0 saturated carbocycles. The fourth-order valence-corrected chi connectivity index (χ4v) is 2.47. The van der Waals surface area contributed by atoms with E-state index in [0.717, 1.165) is 35.5 Å². The van der Waals surface area contributed by atoms with Gasteiger partial charge in [-0.3, -0.25) is 4.68 Å². The molecule has 1 fully saturated rings. The van der Waals surface area contributed by atoms with Gasteiger partial charge in [0.15, 0.2) is 5.82 Å². The highest BCUT2D eigenvalue weighted by Gasteiger charge is 2.20. The first-order valence-corrected chi connectivity index (χ1v) is 5.73. The maximum Gasteiger partial charge on any atom is 0.160 e. The molecular weight excluding hydrogens is 200 g/mol. The molecule has 2 N–H and O–H groups in total. The minimum absolute atomic E-state index is 0.826. The zero-order valence-corrected chi connectivity index (χ0v) is 9.48. The Morgan fingerprint density at radius 1 is 1.25 bits per heavy atom. The first-order chi connectivity index (χ1) is 7.77. The molecule has 0 aliphatic carbocycles. The third-order valence-corrected chi connectivity index (χ3v) is 3.30. The Kier molecular flexibility index (Phi) is 2.02. The van der Waals surface area contributed by atoms with Crippen molar-refractivity contribution in [1.29, 1.82) is 0 Å². The van der Waals surface area contributed by atoms with Crippen molar-refractivity contribution >= 4 is 22.4 Å². The van der Waals surface area contributed by atoms with Crippen LogP contribution >= 0.6 is 0 Å². The minimum Gasteiger partial charge on any atom is -0.398 e. The van der Waals surface area contributed by atoms with Crippen LogP contribution in [-0.4, -0.2) is 22.9 Å². The van der Waals surface area contributed by atoms with Gasteiger partial charge in [-0.2, -0.15) is 5.10 Å². The molecule has 4 nitrogen and oxygen atoms in total. The number of nitrogen functional groups attached to an aromatic ring is 1. The third kappa shape index (κ3) is 1.26. The number of benzene rings is 1. The molecule has 0 atom stereocenters. The van der Waals surface area contributed by atoms with Crippen molar-refractivity contribution in [2.24, 2.45) is 7.05 Å². The number of nitrogens with zero attached hydrogens (tertiary/aromatic N) is 3. The summed E-state index contributed by atoms with van der Waals surface area (Å²) >= 11 is 0. The Labute approximate surface area is 94.6 Å². The summed E-state index contributed by atoms with van der Waals surface area (Å²) in [5.74, 6) is 1.05. The van der Waals surface area contributed by atoms with E-state index >= 15 is 0 Å². The standard InChI is InChI=1S/C12H16N4/c1-15-10-6-4-5-9(13)11(10)12(14-15)16-7-2-3-8-16/h4-6H,2-3,7-8,13H2,1H3. The fourth-order valence-electron chi connectivity index (χ4n) is 2.47. The smallest absolute Gasteiger partial charge is 0.160 e. The molecule has 0 radical (unpaired) electrons. The molecule has 84 valence electrons. The molecule has 1 aliphatic heterocycles. The van der Waals surface area contributed by atoms with Crippen molar-refractivity contribution in [3.05, 3.63) is 18.2 Å². The highest BCUT2D eigenvalue weighted by atomic mass is 15.3. The van der Waals surface area contributed by atoms with Gasteiger partial charge in [-0.1, -0.05) is 6.07 Å². The predicted molar refractivity (Wildman–Crippen MR) is 66.6 cm³/mol. The fraction of sp³-hybridized carbons (Fsp3) is 0.417. The van der Waals surface area contributed by atoms with Gasteiger partial charge in [0.25, 0.3) is 0 Å². The number of aromatic nitrogens is 2. The maximum absolute atomic E-state index is 6.06. The van der Waals surface area contributed by atoms with E-state index in [0.29, 0.717) is 0 Å². The second-order valence-electron chi connectivity index (χ2n) is 4.38. The molecule has 4 heteroatoms. The number of rotatable bonds is 1. The van der Waals surface area contributed by atoms with Gasteiger partial charge in [-0.15, -0.1) is 0 Å². The molecule has 1 aromatic carbocycles. The minimum atomic E-state index is 0.826. The molecule has 16 heavy (non-hydrogen) atoms. The van der Waals surface area contributed by atoms with Crippen LogP contribution in [-0.2, 0) is 7.05 Å². The Hall–Kier alpha value is -1.71. The van der Waals surface area contributed by atoms with Crippen LogP contribution in [0.4, 0.5) is 11.5 Å². The number of hydrogen-bond donors (Lipinski definition) is 1. The largest absolute Gasteiger partial charge is 0.398 e. The van der Waals surface area contributed by atoms with E-state index in [1.807, 2.05) is 23.9 Å². The number of nitrogens with two attached hydrogens (primary N) is 1. The predicted octanol–water partition coefficient (Wildman–Crippen LogP) is 1.76. The van der Waals surface area contributed by atoms with Crippen LogP contribution in [0, 0.1) is 0 Å². The molecule has 0 unspecified atom stereocenters. The van der Waals surface area contributed by atoms with Crippen molar-refractivity contribution in [3.8, 4) is 0 Å². The lowest BCUT2D eigenvalue weighted by molar-refractivity contribution is 0.779. The molecule has 3 rings (SSSR count). The van der Waals surface area contributed by atoms with Gasteiger partial charge in [-0.25, -0.2) is 0 Å². The van der Waals surface area contributed by atoms with Gasteiger partial charge in [0.1, 0.15) is 0 Å². The number of fused-ring (bicyclic) bond motifs is 1. The lowest BCUT2D eigenvalue weighted by Gasteiger charge is -2.14. The van der Waals surface area contributed by atoms with Crippen LogP contribution in [0.2, 0.25) is 0 Å². The lowest BCUT2D eigenvalue weighted by Crippen LogP contribution is -2.18. The SMILES string of the molecule is Cn1nc(N2CCCC2)c2c(N)cccc21. The van der Waals surface area contributed by atoms with Crippen LogP contribution in [0.3, 0.4) is 0 Å². The summed E-state index contributed by atoms with van der Waals surface area (Å²) in [6, 6.07) is 5.99. The second kappa shape index (κ2) is 3.40. The monoisotopic (exact) mass is 216 g/mol. The van der Waals surface area contributed by atoms with Crippen molar-refractivity contribution in [3.63, 3.8) is 0 Å². The van der Waals surface area contributed by atoms with E-state index in [1.54, 1.807) is 0 Å². The average molecular weight is 216 g/mol. The molecule has 0 spiro atoms. The van der Waals surface area contributed by atoms with Crippen LogP contribution in [0.1, 0.15) is 12.8 Å². The summed E-state index contributed by atoms with van der Waals surface area (Å²) in [5.41, 5.74) is 8.00. The Morgan fingerprint density at radius 3 is 2.75 bits per heavy atom. The van der Waals surface area contributed by atoms with Crippen LogP contribution in [0.15, 0.2) is 18.2 Å². The Morgan fingerprint density at radius 2 is 2.00 bits per heavy atom. The molecular formula is C12H16N4. The third-order valence-electron chi connectivity index (χ3n) is 3.30. The van der Waals surface area contributed by atoms with Gasteiger partial charge >= 0.3 is 0 Å². The summed E-state index contributed by atoms with van der Waals surface area (Å²) in [6.07, 6.45) is 2.51. The van der Waals surface area contributed by atoms with E-state index in [-0.39, 0.29) is 0 Å². The summed E-state index contributed by atoms with van der Waals surface area (Å²) in [4.78, 5) is 2.33. The van der Waals surface area contributed by atoms with Crippen LogP contribution in [0.25, 0.3) is 10.9 Å². The molecule has 0 bridgehead atoms. The van der Waals surface area contributed by atoms with E-state index < -0.39 is 0 Å². The van der Waals surface area contributed by atoms with Gasteiger partial charge < -0.3 is 10.6 Å². The van der Waals surface area contributed by atoms with Gasteiger partial charge in [0.05, 0.1) is 10.9 Å². The zero-order valence-electron chi connectivity index (χ0n) is 9.48. The highest BCUT2D eigenvalue weighted by molar-refractivity contribution is 6.00. The topological polar surface area (TPSA) is 47.1 Å². The Balaban J connectivity index is 2.24. The normalized spacial score (nSPS) is 16.2. The lowest BCUT2D eigenvalue weighted by atomic mass is 10.2. The average Bonchev–Trinajstić information content (AvgIpc) is 2.87. The van der Waals surface area contributed by atoms with Crippen molar-refractivity contribution in [2.45, 2.75) is 12.8 Å². The molecule has 2 aromatic rings. The van der Waals surface area contributed by atoms with Crippen molar-refractivity contribution < 1.29 is 0 Å². The quantitative estimate of drug-likeness (QED) is 0.739. The summed E-state index contributed by atoms with van der Waals surface area (Å²) in [5, 5.41) is 5.70. The number of hydrogen-bond acceptors (Lipinski definition) is 3. The zero-order chi connectivity index (χ0) is 11.1. The second-order valence-corrected chi connectivity index (χ2v) is 4.38. The molecule has 2 heterocycles. The van der Waals surface area contributed by atoms with Crippen LogP contribution in [0.5, 0.6) is 0 Å². The molecule has 1 aliphatic rings. The number of anilines is 2. The van der Waals surface area contributed by atoms with Gasteiger partial charge in [-0.05, 0) is 25.0 Å². The first-order valence-electron chi connectivity index (χ1n) is 5.73. The van der Waals surface area contributed by atoms with Crippen LogP contribution < -0.4 is 10.6 Å². The first kappa shape index (κ1) is 9.51. The summed E-state index contributed by atoms with van der Waals surface area (Å²) < 4.78 is 1.92. The van der Waals surface area contributed by atoms with E-state index in [1.165, 1.54) is 12.8 Å². The molecule has 1 saturated heterocycles. The summed E-state index contributed by atoms with van der Waals surface area (Å²) in [7, 11) is 1.97. The molecule has 0 amide bonds.